The van der Waals surface area contributed by atoms with Gasteiger partial charge in [-0.3, -0.25) is 4.79 Å². The molecular weight excluding hydrogens is 317 g/mol. The largest absolute Gasteiger partial charge is 0.416 e. The standard InChI is InChI=1S/C15H14ClF3N2O/c1-14(2,3)12-11(8-22)13(16)21(20-12)10-6-4-9(5-7-10)15(17,18)19/h4-8H,1-3H3. The fourth-order valence-electron chi connectivity index (χ4n) is 2.03. The first kappa shape index (κ1) is 16.5. The molecule has 1 aromatic heterocycles. The maximum atomic E-state index is 12.6. The van der Waals surface area contributed by atoms with Crippen molar-refractivity contribution in [1.29, 1.82) is 0 Å². The van der Waals surface area contributed by atoms with Gasteiger partial charge in [-0.15, -0.1) is 0 Å². The molecule has 0 bridgehead atoms. The van der Waals surface area contributed by atoms with Gasteiger partial charge in [-0.2, -0.15) is 18.3 Å². The van der Waals surface area contributed by atoms with E-state index < -0.39 is 17.2 Å². The lowest BCUT2D eigenvalue weighted by Gasteiger charge is -2.15. The highest BCUT2D eigenvalue weighted by Gasteiger charge is 2.30. The molecule has 3 nitrogen and oxygen atoms in total. The van der Waals surface area contributed by atoms with Gasteiger partial charge in [-0.1, -0.05) is 32.4 Å². The van der Waals surface area contributed by atoms with Crippen molar-refractivity contribution < 1.29 is 18.0 Å². The fraction of sp³-hybridized carbons (Fsp3) is 0.333. The third-order valence-electron chi connectivity index (χ3n) is 3.13. The molecule has 0 N–H and O–H groups in total. The zero-order valence-electron chi connectivity index (χ0n) is 12.2. The second-order valence-electron chi connectivity index (χ2n) is 5.88. The first-order valence-electron chi connectivity index (χ1n) is 6.47. The van der Waals surface area contributed by atoms with Crippen molar-refractivity contribution in [3.63, 3.8) is 0 Å². The topological polar surface area (TPSA) is 34.9 Å². The number of hydrogen-bond acceptors (Lipinski definition) is 2. The van der Waals surface area contributed by atoms with E-state index in [0.717, 1.165) is 12.1 Å². The summed E-state index contributed by atoms with van der Waals surface area (Å²) in [5, 5.41) is 4.37. The Bertz CT molecular complexity index is 697. The summed E-state index contributed by atoms with van der Waals surface area (Å²) in [6.07, 6.45) is -3.80. The molecule has 1 aromatic carbocycles. The Kier molecular flexibility index (Phi) is 4.08. The molecule has 0 radical (unpaired) electrons. The number of carbonyl (C=O) groups is 1. The number of aromatic nitrogens is 2. The molecule has 118 valence electrons. The van der Waals surface area contributed by atoms with Crippen molar-refractivity contribution in [1.82, 2.24) is 9.78 Å². The molecule has 0 spiro atoms. The van der Waals surface area contributed by atoms with E-state index in [2.05, 4.69) is 5.10 Å². The molecule has 0 aliphatic heterocycles. The monoisotopic (exact) mass is 330 g/mol. The van der Waals surface area contributed by atoms with Gasteiger partial charge in [0.25, 0.3) is 0 Å². The average Bonchev–Trinajstić information content (AvgIpc) is 2.74. The second-order valence-corrected chi connectivity index (χ2v) is 6.24. The van der Waals surface area contributed by atoms with Crippen LogP contribution in [-0.4, -0.2) is 16.1 Å². The second kappa shape index (κ2) is 5.43. The number of aldehydes is 1. The van der Waals surface area contributed by atoms with Crippen LogP contribution in [0.3, 0.4) is 0 Å². The van der Waals surface area contributed by atoms with Gasteiger partial charge >= 0.3 is 6.18 Å². The summed E-state index contributed by atoms with van der Waals surface area (Å²) in [6, 6.07) is 4.43. The van der Waals surface area contributed by atoms with Crippen LogP contribution in [0.15, 0.2) is 24.3 Å². The Morgan fingerprint density at radius 1 is 1.14 bits per heavy atom. The zero-order chi connectivity index (χ0) is 16.7. The van der Waals surface area contributed by atoms with Gasteiger partial charge in [0.2, 0.25) is 0 Å². The molecule has 0 unspecified atom stereocenters. The van der Waals surface area contributed by atoms with E-state index in [1.807, 2.05) is 20.8 Å². The predicted molar refractivity (Wildman–Crippen MR) is 77.7 cm³/mol. The number of alkyl halides is 3. The summed E-state index contributed by atoms with van der Waals surface area (Å²) < 4.78 is 39.0. The molecule has 22 heavy (non-hydrogen) atoms. The van der Waals surface area contributed by atoms with Crippen molar-refractivity contribution in [3.8, 4) is 5.69 Å². The highest BCUT2D eigenvalue weighted by Crippen LogP contribution is 2.32. The molecule has 2 rings (SSSR count). The predicted octanol–water partition coefficient (Wildman–Crippen LogP) is 4.65. The number of carbonyl (C=O) groups excluding carboxylic acids is 1. The minimum atomic E-state index is -4.41. The molecule has 0 saturated heterocycles. The van der Waals surface area contributed by atoms with Crippen molar-refractivity contribution in [2.75, 3.05) is 0 Å². The van der Waals surface area contributed by atoms with E-state index in [-0.39, 0.29) is 10.7 Å². The molecule has 1 heterocycles. The van der Waals surface area contributed by atoms with Crippen LogP contribution < -0.4 is 0 Å². The smallest absolute Gasteiger partial charge is 0.298 e. The zero-order valence-corrected chi connectivity index (χ0v) is 13.0. The van der Waals surface area contributed by atoms with Crippen molar-refractivity contribution in [2.24, 2.45) is 0 Å². The van der Waals surface area contributed by atoms with Gasteiger partial charge < -0.3 is 0 Å². The lowest BCUT2D eigenvalue weighted by molar-refractivity contribution is -0.137. The summed E-state index contributed by atoms with van der Waals surface area (Å²) >= 11 is 6.15. The van der Waals surface area contributed by atoms with E-state index in [0.29, 0.717) is 17.7 Å². The van der Waals surface area contributed by atoms with Crippen molar-refractivity contribution >= 4 is 17.9 Å². The minimum absolute atomic E-state index is 0.0830. The first-order chi connectivity index (χ1) is 10.1. The van der Waals surface area contributed by atoms with Gasteiger partial charge in [0.05, 0.1) is 22.5 Å². The van der Waals surface area contributed by atoms with Crippen molar-refractivity contribution in [2.45, 2.75) is 32.4 Å². The van der Waals surface area contributed by atoms with Crippen LogP contribution in [0.25, 0.3) is 5.69 Å². The number of halogens is 4. The number of nitrogens with zero attached hydrogens (tertiary/aromatic N) is 2. The van der Waals surface area contributed by atoms with Gasteiger partial charge in [0, 0.05) is 5.41 Å². The maximum absolute atomic E-state index is 12.6. The van der Waals surface area contributed by atoms with Crippen molar-refractivity contribution in [3.05, 3.63) is 46.2 Å². The molecule has 0 aliphatic carbocycles. The average molecular weight is 331 g/mol. The number of benzene rings is 1. The summed E-state index contributed by atoms with van der Waals surface area (Å²) in [5.41, 5.74) is -0.0823. The van der Waals surface area contributed by atoms with E-state index in [1.165, 1.54) is 16.8 Å². The number of rotatable bonds is 2. The van der Waals surface area contributed by atoms with Crippen LogP contribution >= 0.6 is 11.6 Å². The van der Waals surface area contributed by atoms with Crippen LogP contribution in [-0.2, 0) is 11.6 Å². The Hall–Kier alpha value is -1.82. The van der Waals surface area contributed by atoms with Crippen LogP contribution in [0.1, 0.15) is 42.4 Å². The Morgan fingerprint density at radius 2 is 1.68 bits per heavy atom. The van der Waals surface area contributed by atoms with Gasteiger partial charge in [-0.05, 0) is 24.3 Å². The maximum Gasteiger partial charge on any atom is 0.416 e. The lowest BCUT2D eigenvalue weighted by Crippen LogP contribution is -2.14. The quantitative estimate of drug-likeness (QED) is 0.751. The summed E-state index contributed by atoms with van der Waals surface area (Å²) in [6.45, 7) is 5.61. The molecule has 0 saturated carbocycles. The molecule has 0 atom stereocenters. The van der Waals surface area contributed by atoms with E-state index in [4.69, 9.17) is 11.6 Å². The normalized spacial score (nSPS) is 12.5. The summed E-state index contributed by atoms with van der Waals surface area (Å²) in [5.74, 6) is 0. The molecule has 2 aromatic rings. The Labute approximate surface area is 130 Å². The SMILES string of the molecule is CC(C)(C)c1nn(-c2ccc(C(F)(F)F)cc2)c(Cl)c1C=O. The minimum Gasteiger partial charge on any atom is -0.298 e. The Morgan fingerprint density at radius 3 is 2.05 bits per heavy atom. The summed E-state index contributed by atoms with van der Waals surface area (Å²) in [7, 11) is 0. The van der Waals surface area contributed by atoms with Gasteiger partial charge in [-0.25, -0.2) is 4.68 Å². The Balaban J connectivity index is 2.54. The fourth-order valence-corrected chi connectivity index (χ4v) is 2.30. The van der Waals surface area contributed by atoms with E-state index in [9.17, 15) is 18.0 Å². The lowest BCUT2D eigenvalue weighted by atomic mass is 9.90. The number of hydrogen-bond donors (Lipinski definition) is 0. The molecule has 0 aliphatic rings. The summed E-state index contributed by atoms with van der Waals surface area (Å²) in [4.78, 5) is 11.2. The molecule has 7 heteroatoms. The third kappa shape index (κ3) is 3.02. The molecular formula is C15H14ClF3N2O. The van der Waals surface area contributed by atoms with Gasteiger partial charge in [0.1, 0.15) is 5.15 Å². The van der Waals surface area contributed by atoms with Crippen LogP contribution in [0.2, 0.25) is 5.15 Å². The van der Waals surface area contributed by atoms with Crippen LogP contribution in [0, 0.1) is 0 Å². The molecule has 0 amide bonds. The first-order valence-corrected chi connectivity index (χ1v) is 6.85. The van der Waals surface area contributed by atoms with E-state index >= 15 is 0 Å². The molecule has 0 fully saturated rings. The third-order valence-corrected chi connectivity index (χ3v) is 3.49. The highest BCUT2D eigenvalue weighted by atomic mass is 35.5. The van der Waals surface area contributed by atoms with Gasteiger partial charge in [0.15, 0.2) is 6.29 Å². The highest BCUT2D eigenvalue weighted by molar-refractivity contribution is 6.32. The van der Waals surface area contributed by atoms with Crippen LogP contribution in [0.5, 0.6) is 0 Å². The van der Waals surface area contributed by atoms with Crippen LogP contribution in [0.4, 0.5) is 13.2 Å². The van der Waals surface area contributed by atoms with E-state index in [1.54, 1.807) is 0 Å².